The Morgan fingerprint density at radius 2 is 2.00 bits per heavy atom. The highest BCUT2D eigenvalue weighted by Crippen LogP contribution is 2.17. The van der Waals surface area contributed by atoms with Crippen molar-refractivity contribution in [3.05, 3.63) is 35.4 Å². The fourth-order valence-corrected chi connectivity index (χ4v) is 1.70. The zero-order chi connectivity index (χ0) is 16.0. The standard InChI is InChI=1S/C14H18ClFN2O3/c1-14(2,3)21-13(19)17-11(8-16)9-4-6-10(7-5-9)12(15)18-20/h4-7,11,20H,8H2,1-3H3,(H,17,19)/b18-12-. The van der Waals surface area contributed by atoms with Crippen LogP contribution in [0.4, 0.5) is 9.18 Å². The van der Waals surface area contributed by atoms with Crippen LogP contribution in [0.5, 0.6) is 0 Å². The molecule has 2 N–H and O–H groups in total. The van der Waals surface area contributed by atoms with Gasteiger partial charge in [0, 0.05) is 5.56 Å². The van der Waals surface area contributed by atoms with E-state index in [1.807, 2.05) is 0 Å². The van der Waals surface area contributed by atoms with Crippen LogP contribution in [0.1, 0.15) is 37.9 Å². The molecule has 0 spiro atoms. The van der Waals surface area contributed by atoms with Crippen molar-refractivity contribution in [2.24, 2.45) is 5.16 Å². The predicted octanol–water partition coefficient (Wildman–Crippen LogP) is 3.60. The first-order valence-electron chi connectivity index (χ1n) is 6.30. The van der Waals surface area contributed by atoms with Crippen LogP contribution in [0.3, 0.4) is 0 Å². The van der Waals surface area contributed by atoms with E-state index in [9.17, 15) is 9.18 Å². The van der Waals surface area contributed by atoms with Gasteiger partial charge in [-0.1, -0.05) is 41.0 Å². The molecule has 1 aromatic carbocycles. The largest absolute Gasteiger partial charge is 0.444 e. The van der Waals surface area contributed by atoms with Gasteiger partial charge in [-0.2, -0.15) is 0 Å². The average molecular weight is 317 g/mol. The lowest BCUT2D eigenvalue weighted by Crippen LogP contribution is -2.35. The fraction of sp³-hybridized carbons (Fsp3) is 0.429. The molecule has 1 rings (SSSR count). The summed E-state index contributed by atoms with van der Waals surface area (Å²) in [4.78, 5) is 11.6. The van der Waals surface area contributed by atoms with Crippen molar-refractivity contribution >= 4 is 22.9 Å². The van der Waals surface area contributed by atoms with Crippen LogP contribution in [0, 0.1) is 0 Å². The summed E-state index contributed by atoms with van der Waals surface area (Å²) >= 11 is 5.65. The van der Waals surface area contributed by atoms with E-state index >= 15 is 0 Å². The van der Waals surface area contributed by atoms with Crippen molar-refractivity contribution in [1.29, 1.82) is 0 Å². The van der Waals surface area contributed by atoms with Crippen LogP contribution < -0.4 is 5.32 Å². The van der Waals surface area contributed by atoms with Crippen molar-refractivity contribution in [3.8, 4) is 0 Å². The van der Waals surface area contributed by atoms with Crippen LogP contribution >= 0.6 is 11.6 Å². The number of halogens is 2. The number of alkyl carbamates (subject to hydrolysis) is 1. The molecule has 1 amide bonds. The van der Waals surface area contributed by atoms with Crippen molar-refractivity contribution < 1.29 is 19.1 Å². The van der Waals surface area contributed by atoms with Crippen molar-refractivity contribution in [2.45, 2.75) is 32.4 Å². The molecule has 116 valence electrons. The zero-order valence-corrected chi connectivity index (χ0v) is 12.8. The molecular formula is C14H18ClFN2O3. The average Bonchev–Trinajstić information content (AvgIpc) is 2.42. The molecule has 1 aromatic rings. The van der Waals surface area contributed by atoms with Crippen LogP contribution in [-0.2, 0) is 4.74 Å². The number of carbonyl (C=O) groups is 1. The zero-order valence-electron chi connectivity index (χ0n) is 12.1. The third-order valence-corrected chi connectivity index (χ3v) is 2.78. The number of hydrogen-bond acceptors (Lipinski definition) is 4. The minimum Gasteiger partial charge on any atom is -0.444 e. The Kier molecular flexibility index (Phi) is 5.96. The van der Waals surface area contributed by atoms with E-state index in [1.165, 1.54) is 0 Å². The molecule has 7 heteroatoms. The molecule has 0 aliphatic heterocycles. The summed E-state index contributed by atoms with van der Waals surface area (Å²) in [6, 6.07) is 5.49. The molecule has 0 heterocycles. The Hall–Kier alpha value is -1.82. The van der Waals surface area contributed by atoms with Gasteiger partial charge in [-0.3, -0.25) is 0 Å². The molecule has 0 aromatic heterocycles. The second-order valence-electron chi connectivity index (χ2n) is 5.37. The molecular weight excluding hydrogens is 299 g/mol. The SMILES string of the molecule is CC(C)(C)OC(=O)NC(CF)c1ccc(/C(Cl)=N/O)cc1. The number of amides is 1. The molecule has 0 bridgehead atoms. The molecule has 0 saturated heterocycles. The van der Waals surface area contributed by atoms with E-state index in [4.69, 9.17) is 21.5 Å². The van der Waals surface area contributed by atoms with Gasteiger partial charge >= 0.3 is 6.09 Å². The van der Waals surface area contributed by atoms with Gasteiger partial charge in [-0.15, -0.1) is 0 Å². The fourth-order valence-electron chi connectivity index (χ4n) is 1.57. The van der Waals surface area contributed by atoms with Gasteiger partial charge < -0.3 is 15.3 Å². The van der Waals surface area contributed by atoms with E-state index in [2.05, 4.69) is 10.5 Å². The van der Waals surface area contributed by atoms with Crippen LogP contribution in [0.15, 0.2) is 29.4 Å². The number of benzene rings is 1. The number of oxime groups is 1. The first kappa shape index (κ1) is 17.2. The number of rotatable bonds is 4. The summed E-state index contributed by atoms with van der Waals surface area (Å²) in [5, 5.41) is 13.8. The predicted molar refractivity (Wildman–Crippen MR) is 78.7 cm³/mol. The minimum absolute atomic E-state index is 0.0709. The lowest BCUT2D eigenvalue weighted by molar-refractivity contribution is 0.0495. The molecule has 21 heavy (non-hydrogen) atoms. The summed E-state index contributed by atoms with van der Waals surface area (Å²) in [7, 11) is 0. The van der Waals surface area contributed by atoms with Gasteiger partial charge in [-0.05, 0) is 26.3 Å². The number of nitrogens with zero attached hydrogens (tertiary/aromatic N) is 1. The van der Waals surface area contributed by atoms with Crippen LogP contribution in [0.2, 0.25) is 0 Å². The van der Waals surface area contributed by atoms with Gasteiger partial charge in [0.2, 0.25) is 0 Å². The maximum Gasteiger partial charge on any atom is 0.408 e. The van der Waals surface area contributed by atoms with Crippen molar-refractivity contribution in [1.82, 2.24) is 5.32 Å². The Bertz CT molecular complexity index is 512. The third-order valence-electron chi connectivity index (χ3n) is 2.48. The Balaban J connectivity index is 2.79. The third kappa shape index (κ3) is 5.59. The molecule has 5 nitrogen and oxygen atoms in total. The number of alkyl halides is 1. The highest BCUT2D eigenvalue weighted by molar-refractivity contribution is 6.69. The summed E-state index contributed by atoms with van der Waals surface area (Å²) in [6.45, 7) is 4.40. The molecule has 1 atom stereocenters. The number of hydrogen-bond donors (Lipinski definition) is 2. The van der Waals surface area contributed by atoms with Gasteiger partial charge in [-0.25, -0.2) is 9.18 Å². The van der Waals surface area contributed by atoms with Gasteiger partial charge in [0.15, 0.2) is 5.17 Å². The monoisotopic (exact) mass is 316 g/mol. The molecule has 0 aliphatic rings. The minimum atomic E-state index is -0.821. The maximum absolute atomic E-state index is 13.1. The van der Waals surface area contributed by atoms with Crippen molar-refractivity contribution in [2.75, 3.05) is 6.67 Å². The first-order chi connectivity index (χ1) is 9.76. The topological polar surface area (TPSA) is 70.9 Å². The van der Waals surface area contributed by atoms with Gasteiger partial charge in [0.05, 0.1) is 6.04 Å². The van der Waals surface area contributed by atoms with E-state index in [0.717, 1.165) is 0 Å². The molecule has 1 unspecified atom stereocenters. The van der Waals surface area contributed by atoms with E-state index in [-0.39, 0.29) is 5.17 Å². The number of carbonyl (C=O) groups excluding carboxylic acids is 1. The smallest absolute Gasteiger partial charge is 0.408 e. The summed E-state index contributed by atoms with van der Waals surface area (Å²) < 4.78 is 18.2. The quantitative estimate of drug-likeness (QED) is 0.506. The summed E-state index contributed by atoms with van der Waals surface area (Å²) in [6.07, 6.45) is -0.691. The second-order valence-corrected chi connectivity index (χ2v) is 5.72. The van der Waals surface area contributed by atoms with E-state index in [0.29, 0.717) is 11.1 Å². The van der Waals surface area contributed by atoms with Gasteiger partial charge in [0.1, 0.15) is 12.3 Å². The number of ether oxygens (including phenoxy) is 1. The summed E-state index contributed by atoms with van der Waals surface area (Å²) in [5.74, 6) is 0. The van der Waals surface area contributed by atoms with Crippen molar-refractivity contribution in [3.63, 3.8) is 0 Å². The lowest BCUT2D eigenvalue weighted by Gasteiger charge is -2.22. The Labute approximate surface area is 127 Å². The Morgan fingerprint density at radius 3 is 2.43 bits per heavy atom. The number of nitrogens with one attached hydrogen (secondary N) is 1. The molecule has 0 radical (unpaired) electrons. The Morgan fingerprint density at radius 1 is 1.43 bits per heavy atom. The van der Waals surface area contributed by atoms with E-state index < -0.39 is 24.4 Å². The molecule has 0 saturated carbocycles. The van der Waals surface area contributed by atoms with Crippen LogP contribution in [-0.4, -0.2) is 28.7 Å². The summed E-state index contributed by atoms with van der Waals surface area (Å²) in [5.41, 5.74) is 0.382. The van der Waals surface area contributed by atoms with E-state index in [1.54, 1.807) is 45.0 Å². The highest BCUT2D eigenvalue weighted by Gasteiger charge is 2.20. The highest BCUT2D eigenvalue weighted by atomic mass is 35.5. The van der Waals surface area contributed by atoms with Crippen LogP contribution in [0.25, 0.3) is 0 Å². The molecule has 0 fully saturated rings. The maximum atomic E-state index is 13.1. The normalized spacial score (nSPS) is 13.7. The second kappa shape index (κ2) is 7.26. The lowest BCUT2D eigenvalue weighted by atomic mass is 10.1. The molecule has 0 aliphatic carbocycles. The van der Waals surface area contributed by atoms with Gasteiger partial charge in [0.25, 0.3) is 0 Å². The first-order valence-corrected chi connectivity index (χ1v) is 6.68.